The van der Waals surface area contributed by atoms with Gasteiger partial charge in [0.15, 0.2) is 0 Å². The number of aliphatic hydroxyl groups excluding tert-OH is 1. The van der Waals surface area contributed by atoms with Gasteiger partial charge < -0.3 is 5.11 Å². The largest absolute Gasteiger partial charge is 0.395 e. The topological polar surface area (TPSA) is 61.8 Å². The van der Waals surface area contributed by atoms with Crippen LogP contribution in [-0.2, 0) is 5.41 Å². The zero-order chi connectivity index (χ0) is 7.03. The summed E-state index contributed by atoms with van der Waals surface area (Å²) < 4.78 is 0. The number of H-pyrrole nitrogens is 1. The standard InChI is InChI=1S/C6H9N3O/c10-3-6(1-2-6)5-7-4-8-9-5/h4,10H,1-3H2,(H,7,8,9). The second-order valence-corrected chi connectivity index (χ2v) is 2.77. The smallest absolute Gasteiger partial charge is 0.137 e. The fourth-order valence-electron chi connectivity index (χ4n) is 1.08. The molecule has 0 saturated heterocycles. The van der Waals surface area contributed by atoms with Crippen molar-refractivity contribution in [3.63, 3.8) is 0 Å². The Bertz CT molecular complexity index is 215. The van der Waals surface area contributed by atoms with E-state index in [0.717, 1.165) is 18.7 Å². The van der Waals surface area contributed by atoms with Gasteiger partial charge >= 0.3 is 0 Å². The predicted octanol–water partition coefficient (Wildman–Crippen LogP) is -0.171. The van der Waals surface area contributed by atoms with Crippen molar-refractivity contribution in [2.45, 2.75) is 18.3 Å². The predicted molar refractivity (Wildman–Crippen MR) is 34.4 cm³/mol. The van der Waals surface area contributed by atoms with Gasteiger partial charge in [-0.1, -0.05) is 0 Å². The molecule has 1 aliphatic rings. The third-order valence-corrected chi connectivity index (χ3v) is 2.07. The van der Waals surface area contributed by atoms with E-state index in [1.165, 1.54) is 6.33 Å². The summed E-state index contributed by atoms with van der Waals surface area (Å²) in [7, 11) is 0. The first-order chi connectivity index (χ1) is 4.87. The minimum absolute atomic E-state index is 0.0590. The number of aromatic amines is 1. The van der Waals surface area contributed by atoms with Gasteiger partial charge in [0.1, 0.15) is 12.2 Å². The summed E-state index contributed by atoms with van der Waals surface area (Å²) in [4.78, 5) is 3.99. The second kappa shape index (κ2) is 1.79. The minimum Gasteiger partial charge on any atom is -0.395 e. The molecule has 0 aliphatic heterocycles. The van der Waals surface area contributed by atoms with Crippen LogP contribution in [0.2, 0.25) is 0 Å². The van der Waals surface area contributed by atoms with Crippen LogP contribution in [0.1, 0.15) is 18.7 Å². The first-order valence-corrected chi connectivity index (χ1v) is 3.34. The van der Waals surface area contributed by atoms with E-state index in [2.05, 4.69) is 15.2 Å². The van der Waals surface area contributed by atoms with Crippen LogP contribution < -0.4 is 0 Å². The maximum Gasteiger partial charge on any atom is 0.137 e. The van der Waals surface area contributed by atoms with E-state index in [1.807, 2.05) is 0 Å². The van der Waals surface area contributed by atoms with Crippen molar-refractivity contribution < 1.29 is 5.11 Å². The average Bonchev–Trinajstić information content (AvgIpc) is 2.58. The van der Waals surface area contributed by atoms with Crippen LogP contribution in [0.3, 0.4) is 0 Å². The molecule has 1 aliphatic carbocycles. The van der Waals surface area contributed by atoms with Crippen molar-refractivity contribution >= 4 is 0 Å². The number of nitrogens with one attached hydrogen (secondary N) is 1. The molecule has 1 aromatic heterocycles. The van der Waals surface area contributed by atoms with Crippen LogP contribution in [0.4, 0.5) is 0 Å². The summed E-state index contributed by atoms with van der Waals surface area (Å²) in [5.41, 5.74) is -0.0590. The zero-order valence-corrected chi connectivity index (χ0v) is 5.54. The van der Waals surface area contributed by atoms with Gasteiger partial charge in [0, 0.05) is 0 Å². The summed E-state index contributed by atoms with van der Waals surface area (Å²) in [5.74, 6) is 0.829. The molecule has 0 bridgehead atoms. The fraction of sp³-hybridized carbons (Fsp3) is 0.667. The molecule has 0 spiro atoms. The summed E-state index contributed by atoms with van der Waals surface area (Å²) in [5, 5.41) is 15.4. The maximum atomic E-state index is 8.94. The number of hydrogen-bond acceptors (Lipinski definition) is 3. The van der Waals surface area contributed by atoms with Gasteiger partial charge in [-0.3, -0.25) is 5.10 Å². The number of aromatic nitrogens is 3. The van der Waals surface area contributed by atoms with Crippen molar-refractivity contribution in [1.82, 2.24) is 15.2 Å². The van der Waals surface area contributed by atoms with Crippen LogP contribution in [0.25, 0.3) is 0 Å². The Morgan fingerprint density at radius 1 is 1.70 bits per heavy atom. The number of rotatable bonds is 2. The second-order valence-electron chi connectivity index (χ2n) is 2.77. The van der Waals surface area contributed by atoms with E-state index in [0.29, 0.717) is 0 Å². The van der Waals surface area contributed by atoms with Crippen LogP contribution in [0, 0.1) is 0 Å². The van der Waals surface area contributed by atoms with Gasteiger partial charge in [-0.25, -0.2) is 4.98 Å². The molecule has 2 rings (SSSR count). The highest BCUT2D eigenvalue weighted by atomic mass is 16.3. The minimum atomic E-state index is -0.0590. The van der Waals surface area contributed by atoms with Crippen molar-refractivity contribution in [2.75, 3.05) is 6.61 Å². The maximum absolute atomic E-state index is 8.94. The summed E-state index contributed by atoms with van der Waals surface area (Å²) >= 11 is 0. The molecule has 0 amide bonds. The van der Waals surface area contributed by atoms with Crippen LogP contribution >= 0.6 is 0 Å². The average molecular weight is 139 g/mol. The highest BCUT2D eigenvalue weighted by Gasteiger charge is 2.46. The fourth-order valence-corrected chi connectivity index (χ4v) is 1.08. The number of hydrogen-bond donors (Lipinski definition) is 2. The van der Waals surface area contributed by atoms with E-state index in [-0.39, 0.29) is 12.0 Å². The highest BCUT2D eigenvalue weighted by Crippen LogP contribution is 2.45. The molecule has 54 valence electrons. The van der Waals surface area contributed by atoms with E-state index < -0.39 is 0 Å². The van der Waals surface area contributed by atoms with Gasteiger partial charge in [0.05, 0.1) is 12.0 Å². The molecule has 1 saturated carbocycles. The Morgan fingerprint density at radius 2 is 2.50 bits per heavy atom. The van der Waals surface area contributed by atoms with E-state index in [4.69, 9.17) is 5.11 Å². The zero-order valence-electron chi connectivity index (χ0n) is 5.54. The van der Waals surface area contributed by atoms with Crippen LogP contribution in [0.5, 0.6) is 0 Å². The lowest BCUT2D eigenvalue weighted by atomic mass is 10.1. The summed E-state index contributed by atoms with van der Waals surface area (Å²) in [6.45, 7) is 0.183. The Morgan fingerprint density at radius 3 is 2.90 bits per heavy atom. The Hall–Kier alpha value is -0.900. The number of aliphatic hydroxyl groups is 1. The third kappa shape index (κ3) is 0.654. The van der Waals surface area contributed by atoms with Gasteiger partial charge in [-0.15, -0.1) is 0 Å². The van der Waals surface area contributed by atoms with E-state index in [1.54, 1.807) is 0 Å². The Labute approximate surface area is 58.3 Å². The van der Waals surface area contributed by atoms with Gasteiger partial charge in [-0.2, -0.15) is 5.10 Å². The third-order valence-electron chi connectivity index (χ3n) is 2.07. The normalized spacial score (nSPS) is 20.9. The Kier molecular flexibility index (Phi) is 1.05. The molecule has 10 heavy (non-hydrogen) atoms. The molecule has 0 aromatic carbocycles. The van der Waals surface area contributed by atoms with Crippen molar-refractivity contribution in [3.05, 3.63) is 12.2 Å². The van der Waals surface area contributed by atoms with E-state index in [9.17, 15) is 0 Å². The highest BCUT2D eigenvalue weighted by molar-refractivity contribution is 5.16. The van der Waals surface area contributed by atoms with Crippen LogP contribution in [0.15, 0.2) is 6.33 Å². The summed E-state index contributed by atoms with van der Waals surface area (Å²) in [6.07, 6.45) is 3.53. The quantitative estimate of drug-likeness (QED) is 0.598. The van der Waals surface area contributed by atoms with E-state index >= 15 is 0 Å². The van der Waals surface area contributed by atoms with Crippen molar-refractivity contribution in [2.24, 2.45) is 0 Å². The van der Waals surface area contributed by atoms with Gasteiger partial charge in [0.2, 0.25) is 0 Å². The van der Waals surface area contributed by atoms with Crippen molar-refractivity contribution in [3.8, 4) is 0 Å². The number of nitrogens with zero attached hydrogens (tertiary/aromatic N) is 2. The molecule has 4 nitrogen and oxygen atoms in total. The molecule has 1 heterocycles. The first-order valence-electron chi connectivity index (χ1n) is 3.34. The van der Waals surface area contributed by atoms with Gasteiger partial charge in [-0.05, 0) is 12.8 Å². The lowest BCUT2D eigenvalue weighted by molar-refractivity contribution is 0.250. The molecule has 0 radical (unpaired) electrons. The SMILES string of the molecule is OCC1(c2ncn[nH]2)CC1. The molecular formula is C6H9N3O. The lowest BCUT2D eigenvalue weighted by Crippen LogP contribution is -2.13. The molecule has 1 fully saturated rings. The summed E-state index contributed by atoms with van der Waals surface area (Å²) in [6, 6.07) is 0. The monoisotopic (exact) mass is 139 g/mol. The molecule has 4 heteroatoms. The first kappa shape index (κ1) is 5.85. The molecule has 1 aromatic rings. The Balaban J connectivity index is 2.27. The van der Waals surface area contributed by atoms with Gasteiger partial charge in [0.25, 0.3) is 0 Å². The molecular weight excluding hydrogens is 130 g/mol. The molecule has 0 atom stereocenters. The molecule has 2 N–H and O–H groups in total. The van der Waals surface area contributed by atoms with Crippen LogP contribution in [-0.4, -0.2) is 26.9 Å². The molecule has 0 unspecified atom stereocenters. The van der Waals surface area contributed by atoms with Crippen molar-refractivity contribution in [1.29, 1.82) is 0 Å². The lowest BCUT2D eigenvalue weighted by Gasteiger charge is -2.04.